The van der Waals surface area contributed by atoms with E-state index in [2.05, 4.69) is 20.7 Å². The number of nitrogens with zero attached hydrogens (tertiary/aromatic N) is 3. The van der Waals surface area contributed by atoms with Crippen LogP contribution < -0.4 is 11.1 Å². The minimum Gasteiger partial charge on any atom is -0.417 e. The first kappa shape index (κ1) is 12.0. The molecule has 0 saturated heterocycles. The van der Waals surface area contributed by atoms with Crippen LogP contribution in [0.1, 0.15) is 30.4 Å². The Morgan fingerprint density at radius 3 is 2.62 bits per heavy atom. The number of amides is 1. The third kappa shape index (κ3) is 2.47. The summed E-state index contributed by atoms with van der Waals surface area (Å²) < 4.78 is 4.93. The van der Waals surface area contributed by atoms with Gasteiger partial charge in [0, 0.05) is 6.92 Å². The predicted molar refractivity (Wildman–Crippen MR) is 54.0 cm³/mol. The van der Waals surface area contributed by atoms with Gasteiger partial charge in [-0.25, -0.2) is 0 Å². The van der Waals surface area contributed by atoms with E-state index in [0.717, 1.165) is 0 Å². The van der Waals surface area contributed by atoms with E-state index in [1.165, 1.54) is 0 Å². The highest BCUT2D eigenvalue weighted by molar-refractivity contribution is 5.97. The van der Waals surface area contributed by atoms with Gasteiger partial charge in [-0.3, -0.25) is 4.79 Å². The number of nitrogens with two attached hydrogens (primary N) is 1. The third-order valence-corrected chi connectivity index (χ3v) is 1.89. The number of carbonyl (C=O) groups excluding carboxylic acids is 1. The Kier molecular flexibility index (Phi) is 3.11. The molecule has 88 valence electrons. The molecule has 1 amide bonds. The molecule has 4 N–H and O–H groups in total. The Balaban J connectivity index is 2.79. The van der Waals surface area contributed by atoms with Crippen LogP contribution in [-0.4, -0.2) is 32.7 Å². The van der Waals surface area contributed by atoms with Gasteiger partial charge in [0.15, 0.2) is 5.84 Å². The Bertz CT molecular complexity index is 423. The van der Waals surface area contributed by atoms with Gasteiger partial charge < -0.3 is 20.7 Å². The van der Waals surface area contributed by atoms with Crippen molar-refractivity contribution in [2.75, 3.05) is 0 Å². The minimum atomic E-state index is -1.01. The zero-order chi connectivity index (χ0) is 12.3. The van der Waals surface area contributed by atoms with Crippen molar-refractivity contribution in [3.05, 3.63) is 11.8 Å². The van der Waals surface area contributed by atoms with Gasteiger partial charge in [-0.15, -0.1) is 10.2 Å². The maximum Gasteiger partial charge on any atom is 0.309 e. The zero-order valence-electron chi connectivity index (χ0n) is 9.18. The number of hydrogen-bond donors (Lipinski definition) is 3. The molecule has 0 aliphatic heterocycles. The van der Waals surface area contributed by atoms with Crippen molar-refractivity contribution >= 4 is 11.7 Å². The number of carbonyl (C=O) groups is 1. The van der Waals surface area contributed by atoms with Gasteiger partial charge in [0.05, 0.1) is 5.54 Å². The van der Waals surface area contributed by atoms with Gasteiger partial charge >= 0.3 is 11.8 Å². The number of hydrogen-bond acceptors (Lipinski definition) is 6. The van der Waals surface area contributed by atoms with Gasteiger partial charge in [-0.2, -0.15) is 0 Å². The fourth-order valence-electron chi connectivity index (χ4n) is 0.915. The average molecular weight is 227 g/mol. The van der Waals surface area contributed by atoms with E-state index >= 15 is 0 Å². The SMILES string of the molecule is Cc1nnc(C(=O)NC(C)(C)/C(N)=N/O)o1. The third-order valence-electron chi connectivity index (χ3n) is 1.89. The van der Waals surface area contributed by atoms with Gasteiger partial charge in [0.25, 0.3) is 0 Å². The standard InChI is InChI=1S/C8H13N5O3/c1-4-11-12-6(16-4)5(14)10-8(2,3)7(9)13-15/h15H,1-3H3,(H2,9,13)(H,10,14). The van der Waals surface area contributed by atoms with Crippen LogP contribution in [0.15, 0.2) is 9.57 Å². The van der Waals surface area contributed by atoms with Crippen LogP contribution in [0.3, 0.4) is 0 Å². The lowest BCUT2D eigenvalue weighted by Gasteiger charge is -2.23. The fourth-order valence-corrected chi connectivity index (χ4v) is 0.915. The van der Waals surface area contributed by atoms with Crippen LogP contribution in [0, 0.1) is 6.92 Å². The van der Waals surface area contributed by atoms with E-state index in [4.69, 9.17) is 15.4 Å². The summed E-state index contributed by atoms with van der Waals surface area (Å²) in [7, 11) is 0. The van der Waals surface area contributed by atoms with Crippen molar-refractivity contribution in [1.82, 2.24) is 15.5 Å². The first-order valence-corrected chi connectivity index (χ1v) is 4.47. The lowest BCUT2D eigenvalue weighted by molar-refractivity contribution is 0.0894. The van der Waals surface area contributed by atoms with Crippen LogP contribution in [0.2, 0.25) is 0 Å². The molecule has 0 aliphatic carbocycles. The Morgan fingerprint density at radius 1 is 1.56 bits per heavy atom. The number of nitrogens with one attached hydrogen (secondary N) is 1. The largest absolute Gasteiger partial charge is 0.417 e. The number of aromatic nitrogens is 2. The van der Waals surface area contributed by atoms with Crippen molar-refractivity contribution in [3.8, 4) is 0 Å². The van der Waals surface area contributed by atoms with Crippen molar-refractivity contribution in [2.24, 2.45) is 10.9 Å². The summed E-state index contributed by atoms with van der Waals surface area (Å²) in [6.45, 7) is 4.71. The second-order valence-electron chi connectivity index (χ2n) is 3.69. The molecular weight excluding hydrogens is 214 g/mol. The Hall–Kier alpha value is -2.12. The molecule has 1 heterocycles. The van der Waals surface area contributed by atoms with Gasteiger partial charge in [0.2, 0.25) is 5.89 Å². The van der Waals surface area contributed by atoms with Crippen molar-refractivity contribution in [3.63, 3.8) is 0 Å². The molecular formula is C8H13N5O3. The Morgan fingerprint density at radius 2 is 2.19 bits per heavy atom. The molecule has 0 atom stereocenters. The lowest BCUT2D eigenvalue weighted by atomic mass is 10.0. The molecule has 1 rings (SSSR count). The number of rotatable bonds is 3. The van der Waals surface area contributed by atoms with Crippen LogP contribution in [-0.2, 0) is 0 Å². The Labute approximate surface area is 91.5 Å². The molecule has 0 saturated carbocycles. The maximum atomic E-state index is 11.6. The predicted octanol–water partition coefficient (Wildman–Crippen LogP) is -0.367. The molecule has 0 unspecified atom stereocenters. The van der Waals surface area contributed by atoms with Crippen LogP contribution >= 0.6 is 0 Å². The smallest absolute Gasteiger partial charge is 0.309 e. The summed E-state index contributed by atoms with van der Waals surface area (Å²) in [6, 6.07) is 0. The summed E-state index contributed by atoms with van der Waals surface area (Å²) in [5.41, 5.74) is 4.40. The summed E-state index contributed by atoms with van der Waals surface area (Å²) in [5.74, 6) is -0.600. The first-order valence-electron chi connectivity index (χ1n) is 4.47. The quantitative estimate of drug-likeness (QED) is 0.280. The van der Waals surface area contributed by atoms with Crippen molar-refractivity contribution < 1.29 is 14.4 Å². The van der Waals surface area contributed by atoms with Crippen molar-refractivity contribution in [1.29, 1.82) is 0 Å². The van der Waals surface area contributed by atoms with E-state index in [0.29, 0.717) is 0 Å². The lowest BCUT2D eigenvalue weighted by Crippen LogP contribution is -2.53. The number of aryl methyl sites for hydroxylation is 1. The minimum absolute atomic E-state index is 0.128. The van der Waals surface area contributed by atoms with E-state index in [-0.39, 0.29) is 17.6 Å². The second-order valence-corrected chi connectivity index (χ2v) is 3.69. The summed E-state index contributed by atoms with van der Waals surface area (Å²) >= 11 is 0. The maximum absolute atomic E-state index is 11.6. The van der Waals surface area contributed by atoms with E-state index in [1.54, 1.807) is 20.8 Å². The second kappa shape index (κ2) is 4.17. The molecule has 0 spiro atoms. The van der Waals surface area contributed by atoms with Gasteiger partial charge in [0.1, 0.15) is 0 Å². The summed E-state index contributed by atoms with van der Waals surface area (Å²) in [6.07, 6.45) is 0. The highest BCUT2D eigenvalue weighted by atomic mass is 16.4. The normalized spacial score (nSPS) is 12.6. The highest BCUT2D eigenvalue weighted by Gasteiger charge is 2.28. The number of amidine groups is 1. The van der Waals surface area contributed by atoms with E-state index in [1.807, 2.05) is 0 Å². The first-order chi connectivity index (χ1) is 7.36. The molecule has 8 heteroatoms. The van der Waals surface area contributed by atoms with Crippen LogP contribution in [0.4, 0.5) is 0 Å². The molecule has 0 radical (unpaired) electrons. The van der Waals surface area contributed by atoms with Crippen LogP contribution in [0.5, 0.6) is 0 Å². The summed E-state index contributed by atoms with van der Waals surface area (Å²) in [5, 5.41) is 20.9. The zero-order valence-corrected chi connectivity index (χ0v) is 9.18. The van der Waals surface area contributed by atoms with E-state index < -0.39 is 11.4 Å². The molecule has 1 aromatic heterocycles. The molecule has 0 aromatic carbocycles. The van der Waals surface area contributed by atoms with Gasteiger partial charge in [-0.1, -0.05) is 5.16 Å². The summed E-state index contributed by atoms with van der Waals surface area (Å²) in [4.78, 5) is 11.6. The molecule has 0 fully saturated rings. The number of oxime groups is 1. The van der Waals surface area contributed by atoms with Crippen molar-refractivity contribution in [2.45, 2.75) is 26.3 Å². The monoisotopic (exact) mass is 227 g/mol. The molecule has 1 aromatic rings. The molecule has 0 aliphatic rings. The highest BCUT2D eigenvalue weighted by Crippen LogP contribution is 2.05. The molecule has 16 heavy (non-hydrogen) atoms. The van der Waals surface area contributed by atoms with E-state index in [9.17, 15) is 4.79 Å². The molecule has 0 bridgehead atoms. The molecule has 8 nitrogen and oxygen atoms in total. The average Bonchev–Trinajstić information content (AvgIpc) is 2.63. The van der Waals surface area contributed by atoms with Crippen LogP contribution in [0.25, 0.3) is 0 Å². The van der Waals surface area contributed by atoms with Gasteiger partial charge in [-0.05, 0) is 13.8 Å². The topological polar surface area (TPSA) is 127 Å². The fraction of sp³-hybridized carbons (Fsp3) is 0.500.